The van der Waals surface area contributed by atoms with Gasteiger partial charge in [-0.3, -0.25) is 4.79 Å². The van der Waals surface area contributed by atoms with Crippen molar-refractivity contribution in [3.05, 3.63) is 24.3 Å². The Balaban J connectivity index is 0.00000729. The number of hydrogen-bond donors (Lipinski definition) is 2. The molecule has 1 atom stereocenters. The van der Waals surface area contributed by atoms with Crippen molar-refractivity contribution in [2.75, 3.05) is 39.8 Å². The predicted molar refractivity (Wildman–Crippen MR) is 125 cm³/mol. The topological polar surface area (TPSA) is 75.2 Å². The van der Waals surface area contributed by atoms with E-state index in [0.717, 1.165) is 31.1 Å². The molecular weight excluding hydrogens is 471 g/mol. The quantitative estimate of drug-likeness (QED) is 0.274. The molecule has 0 aliphatic carbocycles. The van der Waals surface area contributed by atoms with E-state index in [4.69, 9.17) is 9.47 Å². The summed E-state index contributed by atoms with van der Waals surface area (Å²) in [5, 5.41) is 6.40. The molecule has 0 aliphatic rings. The Morgan fingerprint density at radius 2 is 1.71 bits per heavy atom. The van der Waals surface area contributed by atoms with E-state index in [-0.39, 0.29) is 36.0 Å². The molecule has 8 heteroatoms. The zero-order valence-corrected chi connectivity index (χ0v) is 20.0. The van der Waals surface area contributed by atoms with E-state index < -0.39 is 0 Å². The van der Waals surface area contributed by atoms with E-state index in [9.17, 15) is 4.79 Å². The van der Waals surface area contributed by atoms with Crippen LogP contribution in [0.1, 0.15) is 34.1 Å². The van der Waals surface area contributed by atoms with Gasteiger partial charge in [-0.25, -0.2) is 4.99 Å². The molecule has 28 heavy (non-hydrogen) atoms. The second-order valence-electron chi connectivity index (χ2n) is 6.07. The Hall–Kier alpha value is -1.71. The second-order valence-corrected chi connectivity index (χ2v) is 6.07. The van der Waals surface area contributed by atoms with Crippen molar-refractivity contribution in [3.8, 4) is 11.5 Å². The number of carbonyl (C=O) groups is 1. The van der Waals surface area contributed by atoms with Crippen molar-refractivity contribution < 1.29 is 14.3 Å². The Morgan fingerprint density at radius 1 is 1.11 bits per heavy atom. The first-order chi connectivity index (χ1) is 13.0. The molecule has 1 aromatic rings. The number of rotatable bonds is 11. The van der Waals surface area contributed by atoms with Gasteiger partial charge in [0.25, 0.3) is 0 Å². The highest BCUT2D eigenvalue weighted by atomic mass is 127. The van der Waals surface area contributed by atoms with E-state index in [1.54, 1.807) is 7.11 Å². The number of methoxy groups -OCH3 is 1. The molecule has 0 aromatic heterocycles. The van der Waals surface area contributed by atoms with Crippen LogP contribution in [0, 0.1) is 0 Å². The minimum atomic E-state index is -0.0776. The van der Waals surface area contributed by atoms with Crippen LogP contribution in [0.15, 0.2) is 29.3 Å². The van der Waals surface area contributed by atoms with Gasteiger partial charge in [-0.2, -0.15) is 0 Å². The van der Waals surface area contributed by atoms with Crippen molar-refractivity contribution in [2.24, 2.45) is 4.99 Å². The lowest BCUT2D eigenvalue weighted by Crippen LogP contribution is -2.40. The summed E-state index contributed by atoms with van der Waals surface area (Å²) in [7, 11) is 1.64. The first kappa shape index (κ1) is 26.3. The van der Waals surface area contributed by atoms with Gasteiger partial charge in [0.15, 0.2) is 5.96 Å². The maximum absolute atomic E-state index is 12.1. The van der Waals surface area contributed by atoms with Gasteiger partial charge >= 0.3 is 0 Å². The third kappa shape index (κ3) is 10.0. The number of halogens is 1. The van der Waals surface area contributed by atoms with Crippen LogP contribution in [0.3, 0.4) is 0 Å². The van der Waals surface area contributed by atoms with Crippen LogP contribution in [-0.2, 0) is 4.79 Å². The standard InChI is InChI=1S/C20H34N4O3.HI/c1-6-21-20(22-14-13-19(25)24(7-2)8-3)23-15-16(4)27-18-11-9-17(26-5)10-12-18;/h9-12,16H,6-8,13-15H2,1-5H3,(H2,21,22,23);1H. The van der Waals surface area contributed by atoms with Crippen LogP contribution in [0.4, 0.5) is 0 Å². The lowest BCUT2D eigenvalue weighted by atomic mass is 10.3. The number of nitrogens with zero attached hydrogens (tertiary/aromatic N) is 2. The normalized spacial score (nSPS) is 11.8. The van der Waals surface area contributed by atoms with Crippen LogP contribution in [-0.4, -0.2) is 62.7 Å². The number of ether oxygens (including phenoxy) is 2. The molecule has 1 unspecified atom stereocenters. The molecular formula is C20H35IN4O3. The van der Waals surface area contributed by atoms with Gasteiger partial charge in [-0.05, 0) is 52.0 Å². The summed E-state index contributed by atoms with van der Waals surface area (Å²) in [4.78, 5) is 18.4. The molecule has 0 saturated carbocycles. The van der Waals surface area contributed by atoms with Crippen molar-refractivity contribution in [1.82, 2.24) is 15.5 Å². The summed E-state index contributed by atoms with van der Waals surface area (Å²) in [5.41, 5.74) is 0. The number of nitrogens with one attached hydrogen (secondary N) is 2. The van der Waals surface area contributed by atoms with Crippen LogP contribution in [0.25, 0.3) is 0 Å². The third-order valence-electron chi connectivity index (χ3n) is 3.99. The average molecular weight is 506 g/mol. The fraction of sp³-hybridized carbons (Fsp3) is 0.600. The van der Waals surface area contributed by atoms with Gasteiger partial charge in [-0.1, -0.05) is 0 Å². The van der Waals surface area contributed by atoms with E-state index in [1.165, 1.54) is 0 Å². The van der Waals surface area contributed by atoms with Crippen LogP contribution < -0.4 is 20.1 Å². The molecule has 160 valence electrons. The molecule has 2 N–H and O–H groups in total. The summed E-state index contributed by atoms with van der Waals surface area (Å²) in [5.74, 6) is 2.42. The molecule has 0 radical (unpaired) electrons. The highest BCUT2D eigenvalue weighted by Gasteiger charge is 2.09. The monoisotopic (exact) mass is 506 g/mol. The molecule has 0 saturated heterocycles. The summed E-state index contributed by atoms with van der Waals surface area (Å²) in [6.45, 7) is 11.3. The lowest BCUT2D eigenvalue weighted by Gasteiger charge is -2.19. The highest BCUT2D eigenvalue weighted by Crippen LogP contribution is 2.18. The van der Waals surface area contributed by atoms with Crippen LogP contribution in [0.5, 0.6) is 11.5 Å². The van der Waals surface area contributed by atoms with Crippen LogP contribution in [0.2, 0.25) is 0 Å². The summed E-state index contributed by atoms with van der Waals surface area (Å²) in [6.07, 6.45) is 0.371. The first-order valence-electron chi connectivity index (χ1n) is 9.64. The fourth-order valence-corrected chi connectivity index (χ4v) is 2.51. The van der Waals surface area contributed by atoms with Gasteiger partial charge < -0.3 is 25.0 Å². The molecule has 0 heterocycles. The molecule has 1 aromatic carbocycles. The smallest absolute Gasteiger partial charge is 0.224 e. The maximum atomic E-state index is 12.1. The van der Waals surface area contributed by atoms with E-state index in [0.29, 0.717) is 25.5 Å². The minimum absolute atomic E-state index is 0. The summed E-state index contributed by atoms with van der Waals surface area (Å²) < 4.78 is 11.0. The minimum Gasteiger partial charge on any atom is -0.497 e. The number of hydrogen-bond acceptors (Lipinski definition) is 4. The molecule has 0 bridgehead atoms. The average Bonchev–Trinajstić information content (AvgIpc) is 2.67. The van der Waals surface area contributed by atoms with Gasteiger partial charge in [0.1, 0.15) is 17.6 Å². The zero-order valence-electron chi connectivity index (χ0n) is 17.7. The molecule has 7 nitrogen and oxygen atoms in total. The Kier molecular flexibility index (Phi) is 14.3. The molecule has 1 rings (SSSR count). The Labute approximate surface area is 186 Å². The fourth-order valence-electron chi connectivity index (χ4n) is 2.51. The van der Waals surface area contributed by atoms with Crippen LogP contribution >= 0.6 is 24.0 Å². The van der Waals surface area contributed by atoms with E-state index >= 15 is 0 Å². The van der Waals surface area contributed by atoms with Crippen molar-refractivity contribution in [2.45, 2.75) is 40.2 Å². The third-order valence-corrected chi connectivity index (χ3v) is 3.99. The largest absolute Gasteiger partial charge is 0.497 e. The maximum Gasteiger partial charge on any atom is 0.224 e. The Morgan fingerprint density at radius 3 is 2.25 bits per heavy atom. The highest BCUT2D eigenvalue weighted by molar-refractivity contribution is 14.0. The number of aliphatic imine (C=N–C) groups is 1. The number of amides is 1. The van der Waals surface area contributed by atoms with Crippen molar-refractivity contribution in [3.63, 3.8) is 0 Å². The zero-order chi connectivity index (χ0) is 20.1. The van der Waals surface area contributed by atoms with Gasteiger partial charge in [0, 0.05) is 32.6 Å². The van der Waals surface area contributed by atoms with Gasteiger partial charge in [-0.15, -0.1) is 24.0 Å². The number of guanidine groups is 1. The van der Waals surface area contributed by atoms with Crippen molar-refractivity contribution in [1.29, 1.82) is 0 Å². The van der Waals surface area contributed by atoms with Gasteiger partial charge in [0.2, 0.25) is 5.91 Å². The molecule has 0 spiro atoms. The second kappa shape index (κ2) is 15.2. The summed E-state index contributed by atoms with van der Waals surface area (Å²) in [6, 6.07) is 7.48. The SMILES string of the molecule is CCNC(=NCC(C)Oc1ccc(OC)cc1)NCCC(=O)N(CC)CC.I. The molecule has 1 amide bonds. The number of benzene rings is 1. The van der Waals surface area contributed by atoms with E-state index in [2.05, 4.69) is 15.6 Å². The first-order valence-corrected chi connectivity index (χ1v) is 9.64. The Bertz CT molecular complexity index is 577. The predicted octanol–water partition coefficient (Wildman–Crippen LogP) is 2.89. The lowest BCUT2D eigenvalue weighted by molar-refractivity contribution is -0.130. The summed E-state index contributed by atoms with van der Waals surface area (Å²) >= 11 is 0. The van der Waals surface area contributed by atoms with Crippen molar-refractivity contribution >= 4 is 35.8 Å². The van der Waals surface area contributed by atoms with Gasteiger partial charge in [0.05, 0.1) is 13.7 Å². The van der Waals surface area contributed by atoms with E-state index in [1.807, 2.05) is 56.9 Å². The number of carbonyl (C=O) groups excluding carboxylic acids is 1. The molecule has 0 aliphatic heterocycles. The molecule has 0 fully saturated rings.